The summed E-state index contributed by atoms with van der Waals surface area (Å²) in [4.78, 5) is 12.4. The van der Waals surface area contributed by atoms with Crippen LogP contribution in [-0.2, 0) is 4.79 Å². The Morgan fingerprint density at radius 1 is 1.15 bits per heavy atom. The molecular weight excluding hydrogens is 340 g/mol. The molecule has 2 atom stereocenters. The Labute approximate surface area is 160 Å². The number of carbonyl (C=O) groups excluding carboxylic acids is 1. The number of nitrogens with zero attached hydrogens (tertiary/aromatic N) is 1. The van der Waals surface area contributed by atoms with Crippen molar-refractivity contribution in [3.8, 4) is 5.75 Å². The summed E-state index contributed by atoms with van der Waals surface area (Å²) < 4.78 is 5.61. The lowest BCUT2D eigenvalue weighted by Crippen LogP contribution is -2.41. The molecular formula is C21H26N4O2. The summed E-state index contributed by atoms with van der Waals surface area (Å²) in [6, 6.07) is 17.5. The van der Waals surface area contributed by atoms with Crippen molar-refractivity contribution in [2.45, 2.75) is 38.8 Å². The van der Waals surface area contributed by atoms with Gasteiger partial charge in [-0.15, -0.1) is 0 Å². The zero-order chi connectivity index (χ0) is 19.1. The van der Waals surface area contributed by atoms with Crippen LogP contribution in [0.1, 0.15) is 43.9 Å². The van der Waals surface area contributed by atoms with Crippen LogP contribution in [0.5, 0.6) is 5.75 Å². The van der Waals surface area contributed by atoms with E-state index in [0.29, 0.717) is 13.0 Å². The Bertz CT molecular complexity index is 775. The number of nitrogens with one attached hydrogen (secondary N) is 3. The van der Waals surface area contributed by atoms with E-state index in [0.717, 1.165) is 29.0 Å². The molecule has 1 aliphatic heterocycles. The van der Waals surface area contributed by atoms with Gasteiger partial charge in [0, 0.05) is 6.04 Å². The van der Waals surface area contributed by atoms with Crippen molar-refractivity contribution in [3.05, 3.63) is 65.7 Å². The second kappa shape index (κ2) is 9.30. The van der Waals surface area contributed by atoms with Gasteiger partial charge in [0.1, 0.15) is 11.8 Å². The number of ether oxygens (including phenoxy) is 1. The molecule has 0 aliphatic carbocycles. The minimum atomic E-state index is -0.335. The third-order valence-electron chi connectivity index (χ3n) is 4.50. The van der Waals surface area contributed by atoms with Crippen LogP contribution in [0.15, 0.2) is 59.7 Å². The molecule has 0 spiro atoms. The maximum absolute atomic E-state index is 12.4. The fourth-order valence-corrected chi connectivity index (χ4v) is 2.92. The smallest absolute Gasteiger partial charge is 0.258 e. The van der Waals surface area contributed by atoms with Gasteiger partial charge in [-0.05, 0) is 43.0 Å². The first kappa shape index (κ1) is 19.1. The van der Waals surface area contributed by atoms with Crippen molar-refractivity contribution in [1.82, 2.24) is 16.3 Å². The van der Waals surface area contributed by atoms with Crippen molar-refractivity contribution in [3.63, 3.8) is 0 Å². The van der Waals surface area contributed by atoms with Gasteiger partial charge in [0.05, 0.1) is 12.3 Å². The first-order valence-corrected chi connectivity index (χ1v) is 9.30. The van der Waals surface area contributed by atoms with Crippen molar-refractivity contribution < 1.29 is 9.53 Å². The quantitative estimate of drug-likeness (QED) is 0.520. The van der Waals surface area contributed by atoms with E-state index in [2.05, 4.69) is 28.3 Å². The molecule has 1 heterocycles. The van der Waals surface area contributed by atoms with Gasteiger partial charge in [-0.1, -0.05) is 49.4 Å². The van der Waals surface area contributed by atoms with Gasteiger partial charge in [0.2, 0.25) is 0 Å². The average molecular weight is 366 g/mol. The van der Waals surface area contributed by atoms with Gasteiger partial charge in [0.15, 0.2) is 0 Å². The van der Waals surface area contributed by atoms with E-state index in [-0.39, 0.29) is 18.0 Å². The minimum Gasteiger partial charge on any atom is -0.494 e. The van der Waals surface area contributed by atoms with E-state index in [9.17, 15) is 4.79 Å². The Hall–Kier alpha value is -2.70. The zero-order valence-electron chi connectivity index (χ0n) is 15.7. The molecule has 0 bridgehead atoms. The van der Waals surface area contributed by atoms with E-state index in [4.69, 9.17) is 4.74 Å². The van der Waals surface area contributed by atoms with Crippen LogP contribution in [0.3, 0.4) is 0 Å². The molecule has 1 aliphatic rings. The van der Waals surface area contributed by atoms with Crippen LogP contribution >= 0.6 is 0 Å². The molecule has 2 aromatic rings. The number of carbonyl (C=O) groups is 1. The van der Waals surface area contributed by atoms with Gasteiger partial charge in [-0.2, -0.15) is 5.10 Å². The predicted octanol–water partition coefficient (Wildman–Crippen LogP) is 2.92. The lowest BCUT2D eigenvalue weighted by molar-refractivity contribution is -0.122. The van der Waals surface area contributed by atoms with Crippen LogP contribution in [0, 0.1) is 0 Å². The highest BCUT2D eigenvalue weighted by Crippen LogP contribution is 2.24. The van der Waals surface area contributed by atoms with Gasteiger partial charge in [-0.3, -0.25) is 4.79 Å². The Kier molecular flexibility index (Phi) is 6.57. The molecule has 3 rings (SSSR count). The van der Waals surface area contributed by atoms with Crippen molar-refractivity contribution >= 4 is 11.6 Å². The first-order valence-electron chi connectivity index (χ1n) is 9.30. The Balaban J connectivity index is 1.53. The van der Waals surface area contributed by atoms with Crippen LogP contribution in [0.25, 0.3) is 0 Å². The van der Waals surface area contributed by atoms with Crippen LogP contribution < -0.4 is 21.0 Å². The molecule has 3 N–H and O–H groups in total. The molecule has 0 saturated carbocycles. The monoisotopic (exact) mass is 366 g/mol. The lowest BCUT2D eigenvalue weighted by Gasteiger charge is -2.11. The summed E-state index contributed by atoms with van der Waals surface area (Å²) in [6.45, 7) is 4.67. The van der Waals surface area contributed by atoms with E-state index < -0.39 is 0 Å². The molecule has 6 heteroatoms. The summed E-state index contributed by atoms with van der Waals surface area (Å²) >= 11 is 0. The molecule has 0 radical (unpaired) electrons. The molecule has 6 nitrogen and oxygen atoms in total. The number of rotatable bonds is 7. The molecule has 142 valence electrons. The molecule has 2 aromatic carbocycles. The normalized spacial score (nSPS) is 19.7. The van der Waals surface area contributed by atoms with Gasteiger partial charge < -0.3 is 4.74 Å². The highest BCUT2D eigenvalue weighted by atomic mass is 16.5. The topological polar surface area (TPSA) is 74.8 Å². The SMILES string of the molecule is CCCOc1ccc(C2CC(C(=O)N/N=C(/C)c3ccccc3)NN2)cc1. The average Bonchev–Trinajstić information content (AvgIpc) is 3.21. The molecule has 1 fully saturated rings. The van der Waals surface area contributed by atoms with Crippen LogP contribution in [0.2, 0.25) is 0 Å². The van der Waals surface area contributed by atoms with Gasteiger partial charge in [-0.25, -0.2) is 16.3 Å². The number of benzene rings is 2. The van der Waals surface area contributed by atoms with E-state index in [1.54, 1.807) is 0 Å². The standard InChI is InChI=1S/C21H26N4O2/c1-3-13-27-18-11-9-17(10-12-18)19-14-20(24-23-19)21(26)25-22-15(2)16-7-5-4-6-8-16/h4-12,19-20,23-24H,3,13-14H2,1-2H3,(H,25,26)/b22-15-. The summed E-state index contributed by atoms with van der Waals surface area (Å²) in [7, 11) is 0. The number of hydrogen-bond donors (Lipinski definition) is 3. The maximum Gasteiger partial charge on any atom is 0.258 e. The summed E-state index contributed by atoms with van der Waals surface area (Å²) in [5.74, 6) is 0.717. The predicted molar refractivity (Wildman–Crippen MR) is 106 cm³/mol. The van der Waals surface area contributed by atoms with E-state index in [1.807, 2.05) is 61.5 Å². The van der Waals surface area contributed by atoms with Gasteiger partial charge >= 0.3 is 0 Å². The molecule has 1 amide bonds. The second-order valence-corrected chi connectivity index (χ2v) is 6.59. The fourth-order valence-electron chi connectivity index (χ4n) is 2.92. The number of hydrogen-bond acceptors (Lipinski definition) is 5. The fraction of sp³-hybridized carbons (Fsp3) is 0.333. The largest absolute Gasteiger partial charge is 0.494 e. The van der Waals surface area contributed by atoms with Crippen molar-refractivity contribution in [2.24, 2.45) is 5.10 Å². The van der Waals surface area contributed by atoms with Crippen molar-refractivity contribution in [1.29, 1.82) is 0 Å². The van der Waals surface area contributed by atoms with Crippen LogP contribution in [0.4, 0.5) is 0 Å². The maximum atomic E-state index is 12.4. The molecule has 0 aromatic heterocycles. The summed E-state index contributed by atoms with van der Waals surface area (Å²) in [6.07, 6.45) is 1.64. The number of hydrazone groups is 1. The number of hydrazine groups is 1. The zero-order valence-corrected chi connectivity index (χ0v) is 15.7. The molecule has 27 heavy (non-hydrogen) atoms. The van der Waals surface area contributed by atoms with E-state index >= 15 is 0 Å². The highest BCUT2D eigenvalue weighted by Gasteiger charge is 2.30. The second-order valence-electron chi connectivity index (χ2n) is 6.59. The third kappa shape index (κ3) is 5.15. The molecule has 1 saturated heterocycles. The highest BCUT2D eigenvalue weighted by molar-refractivity contribution is 5.99. The summed E-state index contributed by atoms with van der Waals surface area (Å²) in [5.41, 5.74) is 11.8. The molecule has 2 unspecified atom stereocenters. The third-order valence-corrected chi connectivity index (χ3v) is 4.50. The Morgan fingerprint density at radius 2 is 1.89 bits per heavy atom. The van der Waals surface area contributed by atoms with Crippen LogP contribution in [-0.4, -0.2) is 24.3 Å². The Morgan fingerprint density at radius 3 is 2.59 bits per heavy atom. The van der Waals surface area contributed by atoms with Gasteiger partial charge in [0.25, 0.3) is 5.91 Å². The van der Waals surface area contributed by atoms with E-state index in [1.165, 1.54) is 0 Å². The number of amides is 1. The minimum absolute atomic E-state index is 0.0696. The lowest BCUT2D eigenvalue weighted by atomic mass is 10.0. The first-order chi connectivity index (χ1) is 13.2. The summed E-state index contributed by atoms with van der Waals surface area (Å²) in [5, 5.41) is 4.21. The van der Waals surface area contributed by atoms with Crippen molar-refractivity contribution in [2.75, 3.05) is 6.61 Å².